The summed E-state index contributed by atoms with van der Waals surface area (Å²) in [6.07, 6.45) is 1.99. The SMILES string of the molecule is C=CCC(N)C(=O)Nc1ccc(Cl)nn1. The maximum atomic E-state index is 11.4. The molecule has 1 aromatic rings. The number of nitrogens with one attached hydrogen (secondary N) is 1. The monoisotopic (exact) mass is 226 g/mol. The van der Waals surface area contributed by atoms with Crippen LogP contribution in [0, 0.1) is 0 Å². The number of hydrogen-bond acceptors (Lipinski definition) is 4. The van der Waals surface area contributed by atoms with E-state index in [4.69, 9.17) is 17.3 Å². The fourth-order valence-electron chi connectivity index (χ4n) is 0.888. The molecule has 15 heavy (non-hydrogen) atoms. The summed E-state index contributed by atoms with van der Waals surface area (Å²) in [5.41, 5.74) is 5.55. The first-order chi connectivity index (χ1) is 7.13. The molecule has 1 rings (SSSR count). The zero-order chi connectivity index (χ0) is 11.3. The Kier molecular flexibility index (Phi) is 4.20. The summed E-state index contributed by atoms with van der Waals surface area (Å²) in [7, 11) is 0. The summed E-state index contributed by atoms with van der Waals surface area (Å²) in [6.45, 7) is 3.50. The lowest BCUT2D eigenvalue weighted by Gasteiger charge is -2.08. The van der Waals surface area contributed by atoms with E-state index in [1.54, 1.807) is 12.1 Å². The fraction of sp³-hybridized carbons (Fsp3) is 0.222. The lowest BCUT2D eigenvalue weighted by molar-refractivity contribution is -0.117. The molecule has 0 radical (unpaired) electrons. The molecule has 80 valence electrons. The van der Waals surface area contributed by atoms with Gasteiger partial charge in [-0.1, -0.05) is 17.7 Å². The van der Waals surface area contributed by atoms with Crippen molar-refractivity contribution in [3.8, 4) is 0 Å². The van der Waals surface area contributed by atoms with Crippen LogP contribution in [0.4, 0.5) is 5.82 Å². The van der Waals surface area contributed by atoms with E-state index in [0.29, 0.717) is 12.2 Å². The third-order valence-electron chi connectivity index (χ3n) is 1.64. The summed E-state index contributed by atoms with van der Waals surface area (Å²) in [4.78, 5) is 11.4. The minimum Gasteiger partial charge on any atom is -0.320 e. The Morgan fingerprint density at radius 2 is 2.40 bits per heavy atom. The van der Waals surface area contributed by atoms with Crippen LogP contribution in [0.15, 0.2) is 24.8 Å². The molecule has 0 bridgehead atoms. The summed E-state index contributed by atoms with van der Waals surface area (Å²) < 4.78 is 0. The molecule has 0 aromatic carbocycles. The highest BCUT2D eigenvalue weighted by Crippen LogP contribution is 2.06. The average Bonchev–Trinajstić information content (AvgIpc) is 2.22. The van der Waals surface area contributed by atoms with Crippen LogP contribution in [0.1, 0.15) is 6.42 Å². The number of halogens is 1. The van der Waals surface area contributed by atoms with E-state index in [2.05, 4.69) is 22.1 Å². The van der Waals surface area contributed by atoms with Gasteiger partial charge in [-0.15, -0.1) is 16.8 Å². The van der Waals surface area contributed by atoms with Gasteiger partial charge in [0.1, 0.15) is 0 Å². The van der Waals surface area contributed by atoms with Crippen molar-refractivity contribution in [2.75, 3.05) is 5.32 Å². The maximum Gasteiger partial charge on any atom is 0.242 e. The van der Waals surface area contributed by atoms with Crippen LogP contribution in [0.3, 0.4) is 0 Å². The highest BCUT2D eigenvalue weighted by Gasteiger charge is 2.12. The Morgan fingerprint density at radius 1 is 1.67 bits per heavy atom. The normalized spacial score (nSPS) is 11.9. The molecule has 6 heteroatoms. The molecule has 1 unspecified atom stereocenters. The zero-order valence-corrected chi connectivity index (χ0v) is 8.74. The molecule has 0 saturated heterocycles. The molecule has 0 aliphatic carbocycles. The Balaban J connectivity index is 2.58. The summed E-state index contributed by atoms with van der Waals surface area (Å²) in [5.74, 6) is -0.00423. The number of rotatable bonds is 4. The predicted molar refractivity (Wildman–Crippen MR) is 58.5 cm³/mol. The van der Waals surface area contributed by atoms with E-state index in [1.807, 2.05) is 0 Å². The molecule has 1 amide bonds. The summed E-state index contributed by atoms with van der Waals surface area (Å²) >= 11 is 5.54. The fourth-order valence-corrected chi connectivity index (χ4v) is 0.989. The molecule has 0 aliphatic rings. The molecule has 0 fully saturated rings. The van der Waals surface area contributed by atoms with Gasteiger partial charge in [0.2, 0.25) is 5.91 Å². The third kappa shape index (κ3) is 3.65. The minimum absolute atomic E-state index is 0.267. The van der Waals surface area contributed by atoms with Gasteiger partial charge in [-0.3, -0.25) is 4.79 Å². The van der Waals surface area contributed by atoms with Crippen molar-refractivity contribution < 1.29 is 4.79 Å². The van der Waals surface area contributed by atoms with Gasteiger partial charge in [0, 0.05) is 0 Å². The maximum absolute atomic E-state index is 11.4. The molecule has 0 spiro atoms. The number of nitrogens with two attached hydrogens (primary N) is 1. The van der Waals surface area contributed by atoms with Gasteiger partial charge in [0.05, 0.1) is 6.04 Å². The summed E-state index contributed by atoms with van der Waals surface area (Å²) in [6, 6.07) is 2.46. The minimum atomic E-state index is -0.625. The van der Waals surface area contributed by atoms with E-state index in [9.17, 15) is 4.79 Å². The van der Waals surface area contributed by atoms with Crippen LogP contribution >= 0.6 is 11.6 Å². The number of nitrogens with zero attached hydrogens (tertiary/aromatic N) is 2. The van der Waals surface area contributed by atoms with Crippen molar-refractivity contribution in [2.24, 2.45) is 5.73 Å². The van der Waals surface area contributed by atoms with E-state index < -0.39 is 6.04 Å². The largest absolute Gasteiger partial charge is 0.320 e. The van der Waals surface area contributed by atoms with Crippen molar-refractivity contribution in [1.29, 1.82) is 0 Å². The number of carbonyl (C=O) groups is 1. The van der Waals surface area contributed by atoms with Crippen molar-refractivity contribution in [1.82, 2.24) is 10.2 Å². The lowest BCUT2D eigenvalue weighted by atomic mass is 10.2. The van der Waals surface area contributed by atoms with Crippen molar-refractivity contribution in [2.45, 2.75) is 12.5 Å². The lowest BCUT2D eigenvalue weighted by Crippen LogP contribution is -2.35. The van der Waals surface area contributed by atoms with Crippen LogP contribution in [0.2, 0.25) is 5.15 Å². The van der Waals surface area contributed by atoms with Gasteiger partial charge < -0.3 is 11.1 Å². The molecular weight excluding hydrogens is 216 g/mol. The average molecular weight is 227 g/mol. The van der Waals surface area contributed by atoms with E-state index in [0.717, 1.165) is 0 Å². The van der Waals surface area contributed by atoms with E-state index >= 15 is 0 Å². The van der Waals surface area contributed by atoms with Gasteiger partial charge >= 0.3 is 0 Å². The Hall–Kier alpha value is -1.46. The standard InChI is InChI=1S/C9H11ClN4O/c1-2-3-6(11)9(15)12-8-5-4-7(10)13-14-8/h2,4-6H,1,3,11H2,(H,12,14,15). The molecule has 3 N–H and O–H groups in total. The van der Waals surface area contributed by atoms with Gasteiger partial charge in [-0.2, -0.15) is 0 Å². The molecule has 0 saturated carbocycles. The zero-order valence-electron chi connectivity index (χ0n) is 7.98. The third-order valence-corrected chi connectivity index (χ3v) is 1.84. The van der Waals surface area contributed by atoms with Crippen LogP contribution < -0.4 is 11.1 Å². The second kappa shape index (κ2) is 5.43. The number of anilines is 1. The smallest absolute Gasteiger partial charge is 0.242 e. The van der Waals surface area contributed by atoms with E-state index in [-0.39, 0.29) is 11.1 Å². The first kappa shape index (κ1) is 11.6. The van der Waals surface area contributed by atoms with Crippen molar-refractivity contribution >= 4 is 23.3 Å². The first-order valence-corrected chi connectivity index (χ1v) is 4.68. The number of aromatic nitrogens is 2. The number of hydrogen-bond donors (Lipinski definition) is 2. The number of carbonyl (C=O) groups excluding carboxylic acids is 1. The molecular formula is C9H11ClN4O. The topological polar surface area (TPSA) is 80.9 Å². The number of amides is 1. The van der Waals surface area contributed by atoms with Gasteiger partial charge in [0.15, 0.2) is 11.0 Å². The molecule has 1 atom stereocenters. The predicted octanol–water partition coefficient (Wildman–Crippen LogP) is 0.972. The molecule has 5 nitrogen and oxygen atoms in total. The van der Waals surface area contributed by atoms with Crippen LogP contribution in [-0.2, 0) is 4.79 Å². The molecule has 0 aliphatic heterocycles. The van der Waals surface area contributed by atoms with Crippen molar-refractivity contribution in [3.63, 3.8) is 0 Å². The van der Waals surface area contributed by atoms with Crippen LogP contribution in [0.25, 0.3) is 0 Å². The van der Waals surface area contributed by atoms with Gasteiger partial charge in [-0.05, 0) is 18.6 Å². The molecule has 1 aromatic heterocycles. The summed E-state index contributed by atoms with van der Waals surface area (Å²) in [5, 5.41) is 10.0. The second-order valence-electron chi connectivity index (χ2n) is 2.86. The molecule has 1 heterocycles. The van der Waals surface area contributed by atoms with Crippen LogP contribution in [0.5, 0.6) is 0 Å². The first-order valence-electron chi connectivity index (χ1n) is 4.30. The van der Waals surface area contributed by atoms with Gasteiger partial charge in [-0.25, -0.2) is 0 Å². The quantitative estimate of drug-likeness (QED) is 0.750. The Labute approximate surface area is 92.3 Å². The van der Waals surface area contributed by atoms with Crippen molar-refractivity contribution in [3.05, 3.63) is 29.9 Å². The highest BCUT2D eigenvalue weighted by molar-refractivity contribution is 6.29. The Morgan fingerprint density at radius 3 is 2.93 bits per heavy atom. The van der Waals surface area contributed by atoms with Gasteiger partial charge in [0.25, 0.3) is 0 Å². The second-order valence-corrected chi connectivity index (χ2v) is 3.25. The highest BCUT2D eigenvalue weighted by atomic mass is 35.5. The van der Waals surface area contributed by atoms with E-state index in [1.165, 1.54) is 6.07 Å². The van der Waals surface area contributed by atoms with Crippen LogP contribution in [-0.4, -0.2) is 22.1 Å². The Bertz CT molecular complexity index is 352.